The molecule has 0 atom stereocenters. The molecule has 0 unspecified atom stereocenters. The summed E-state index contributed by atoms with van der Waals surface area (Å²) in [6, 6.07) is 2.02. The Balaban J connectivity index is 3.17. The summed E-state index contributed by atoms with van der Waals surface area (Å²) < 4.78 is 2.02. The van der Waals surface area contributed by atoms with E-state index in [4.69, 9.17) is 0 Å². The molecular weight excluding hydrogens is 136 g/mol. The van der Waals surface area contributed by atoms with Crippen LogP contribution in [0.1, 0.15) is 11.3 Å². The molecule has 0 saturated carbocycles. The number of aryl methyl sites for hydroxylation is 1. The van der Waals surface area contributed by atoms with Crippen molar-refractivity contribution in [2.75, 3.05) is 7.05 Å². The molecule has 0 spiro atoms. The highest BCUT2D eigenvalue weighted by molar-refractivity contribution is 5.83. The van der Waals surface area contributed by atoms with Gasteiger partial charge in [0.05, 0.1) is 5.69 Å². The summed E-state index contributed by atoms with van der Waals surface area (Å²) in [6.07, 6.45) is 5.65. The first-order valence-corrected chi connectivity index (χ1v) is 3.49. The molecule has 0 fully saturated rings. The maximum Gasteiger partial charge on any atom is 0.0658 e. The number of aromatic nitrogens is 1. The van der Waals surface area contributed by atoms with Crippen LogP contribution in [0.25, 0.3) is 6.08 Å². The van der Waals surface area contributed by atoms with Crippen molar-refractivity contribution >= 4 is 12.3 Å². The van der Waals surface area contributed by atoms with Gasteiger partial charge in [-0.15, -0.1) is 0 Å². The second-order valence-electron chi connectivity index (χ2n) is 2.36. The third-order valence-electron chi connectivity index (χ3n) is 1.62. The van der Waals surface area contributed by atoms with Gasteiger partial charge < -0.3 is 4.57 Å². The van der Waals surface area contributed by atoms with Gasteiger partial charge in [-0.2, -0.15) is 0 Å². The molecule has 1 heterocycles. The SMILES string of the molecule is C=Cc1ccn(C)c1C=NC. The van der Waals surface area contributed by atoms with Gasteiger partial charge in [0.25, 0.3) is 0 Å². The number of hydrogen-bond donors (Lipinski definition) is 0. The molecule has 0 saturated heterocycles. The molecule has 1 rings (SSSR count). The molecule has 0 amide bonds. The Bertz CT molecular complexity index is 282. The molecule has 2 heteroatoms. The van der Waals surface area contributed by atoms with E-state index in [1.807, 2.05) is 36.2 Å². The topological polar surface area (TPSA) is 17.3 Å². The van der Waals surface area contributed by atoms with Crippen molar-refractivity contribution < 1.29 is 0 Å². The predicted molar refractivity (Wildman–Crippen MR) is 49.0 cm³/mol. The molecule has 0 radical (unpaired) electrons. The van der Waals surface area contributed by atoms with Crippen molar-refractivity contribution in [3.63, 3.8) is 0 Å². The quantitative estimate of drug-likeness (QED) is 0.568. The summed E-state index contributed by atoms with van der Waals surface area (Å²) >= 11 is 0. The molecule has 0 aromatic carbocycles. The van der Waals surface area contributed by atoms with Gasteiger partial charge in [-0.1, -0.05) is 12.7 Å². The molecule has 1 aromatic rings. The summed E-state index contributed by atoms with van der Waals surface area (Å²) in [7, 11) is 3.75. The van der Waals surface area contributed by atoms with Crippen molar-refractivity contribution in [2.45, 2.75) is 0 Å². The Labute approximate surface area is 66.9 Å². The lowest BCUT2D eigenvalue weighted by Crippen LogP contribution is -1.94. The van der Waals surface area contributed by atoms with Crippen molar-refractivity contribution in [1.29, 1.82) is 0 Å². The third-order valence-corrected chi connectivity index (χ3v) is 1.62. The number of rotatable bonds is 2. The fourth-order valence-electron chi connectivity index (χ4n) is 1.02. The third kappa shape index (κ3) is 1.40. The minimum Gasteiger partial charge on any atom is -0.349 e. The maximum absolute atomic E-state index is 3.95. The summed E-state index contributed by atoms with van der Waals surface area (Å²) in [5, 5.41) is 0. The normalized spacial score (nSPS) is 10.7. The van der Waals surface area contributed by atoms with Crippen molar-refractivity contribution in [3.8, 4) is 0 Å². The van der Waals surface area contributed by atoms with Gasteiger partial charge >= 0.3 is 0 Å². The molecule has 0 bridgehead atoms. The van der Waals surface area contributed by atoms with E-state index < -0.39 is 0 Å². The first-order chi connectivity index (χ1) is 5.29. The molecule has 0 aliphatic rings. The van der Waals surface area contributed by atoms with Crippen LogP contribution in [-0.2, 0) is 7.05 Å². The van der Waals surface area contributed by atoms with Crippen LogP contribution in [0.3, 0.4) is 0 Å². The minimum absolute atomic E-state index is 1.10. The van der Waals surface area contributed by atoms with Crippen LogP contribution in [0, 0.1) is 0 Å². The lowest BCUT2D eigenvalue weighted by atomic mass is 10.2. The van der Waals surface area contributed by atoms with E-state index in [2.05, 4.69) is 11.6 Å². The van der Waals surface area contributed by atoms with Crippen LogP contribution in [0.4, 0.5) is 0 Å². The molecule has 0 aliphatic heterocycles. The van der Waals surface area contributed by atoms with E-state index in [1.54, 1.807) is 7.05 Å². The summed E-state index contributed by atoms with van der Waals surface area (Å²) in [5.74, 6) is 0. The van der Waals surface area contributed by atoms with E-state index in [9.17, 15) is 0 Å². The lowest BCUT2D eigenvalue weighted by Gasteiger charge is -1.96. The van der Waals surface area contributed by atoms with Crippen molar-refractivity contribution in [3.05, 3.63) is 30.1 Å². The van der Waals surface area contributed by atoms with Crippen LogP contribution in [0.15, 0.2) is 23.8 Å². The van der Waals surface area contributed by atoms with Gasteiger partial charge in [0.2, 0.25) is 0 Å². The molecular formula is C9H12N2. The highest BCUT2D eigenvalue weighted by atomic mass is 14.9. The van der Waals surface area contributed by atoms with E-state index >= 15 is 0 Å². The van der Waals surface area contributed by atoms with Gasteiger partial charge in [0.1, 0.15) is 0 Å². The standard InChI is InChI=1S/C9H12N2/c1-4-8-5-6-11(3)9(8)7-10-2/h4-7H,1H2,2-3H3. The first-order valence-electron chi connectivity index (χ1n) is 3.49. The van der Waals surface area contributed by atoms with Gasteiger partial charge in [-0.3, -0.25) is 4.99 Å². The molecule has 2 nitrogen and oxygen atoms in total. The van der Waals surface area contributed by atoms with Crippen LogP contribution in [0.2, 0.25) is 0 Å². The Kier molecular flexibility index (Phi) is 2.26. The summed E-state index contributed by atoms with van der Waals surface area (Å²) in [5.41, 5.74) is 2.22. The van der Waals surface area contributed by atoms with Crippen LogP contribution < -0.4 is 0 Å². The molecule has 11 heavy (non-hydrogen) atoms. The molecule has 0 aliphatic carbocycles. The second-order valence-corrected chi connectivity index (χ2v) is 2.36. The predicted octanol–water partition coefficient (Wildman–Crippen LogP) is 1.72. The highest BCUT2D eigenvalue weighted by Gasteiger charge is 1.98. The molecule has 0 N–H and O–H groups in total. The Morgan fingerprint density at radius 1 is 1.64 bits per heavy atom. The van der Waals surface area contributed by atoms with Gasteiger partial charge in [-0.05, 0) is 6.07 Å². The monoisotopic (exact) mass is 148 g/mol. The smallest absolute Gasteiger partial charge is 0.0658 e. The van der Waals surface area contributed by atoms with Crippen LogP contribution in [0.5, 0.6) is 0 Å². The minimum atomic E-state index is 1.10. The number of aliphatic imine (C=N–C) groups is 1. The number of hydrogen-bond acceptors (Lipinski definition) is 1. The zero-order valence-electron chi connectivity index (χ0n) is 6.91. The zero-order valence-corrected chi connectivity index (χ0v) is 6.91. The van der Waals surface area contributed by atoms with Gasteiger partial charge in [0, 0.05) is 32.1 Å². The Morgan fingerprint density at radius 2 is 2.36 bits per heavy atom. The fraction of sp³-hybridized carbons (Fsp3) is 0.222. The van der Waals surface area contributed by atoms with E-state index in [0.29, 0.717) is 0 Å². The van der Waals surface area contributed by atoms with Crippen LogP contribution >= 0.6 is 0 Å². The molecule has 58 valence electrons. The summed E-state index contributed by atoms with van der Waals surface area (Å²) in [4.78, 5) is 3.95. The van der Waals surface area contributed by atoms with E-state index in [-0.39, 0.29) is 0 Å². The lowest BCUT2D eigenvalue weighted by molar-refractivity contribution is 0.917. The van der Waals surface area contributed by atoms with Gasteiger partial charge in [-0.25, -0.2) is 0 Å². The van der Waals surface area contributed by atoms with Crippen molar-refractivity contribution in [1.82, 2.24) is 4.57 Å². The van der Waals surface area contributed by atoms with E-state index in [0.717, 1.165) is 11.3 Å². The second kappa shape index (κ2) is 3.19. The summed E-state index contributed by atoms with van der Waals surface area (Å²) in [6.45, 7) is 3.71. The number of nitrogens with zero attached hydrogens (tertiary/aromatic N) is 2. The maximum atomic E-state index is 3.95. The zero-order chi connectivity index (χ0) is 8.27. The molecule has 1 aromatic heterocycles. The fourth-order valence-corrected chi connectivity index (χ4v) is 1.02. The first kappa shape index (κ1) is 7.79. The Morgan fingerprint density at radius 3 is 2.91 bits per heavy atom. The van der Waals surface area contributed by atoms with Crippen LogP contribution in [-0.4, -0.2) is 17.8 Å². The highest BCUT2D eigenvalue weighted by Crippen LogP contribution is 2.08. The average molecular weight is 148 g/mol. The average Bonchev–Trinajstić information content (AvgIpc) is 2.34. The Hall–Kier alpha value is -1.31. The van der Waals surface area contributed by atoms with E-state index in [1.165, 1.54) is 0 Å². The van der Waals surface area contributed by atoms with Crippen molar-refractivity contribution in [2.24, 2.45) is 12.0 Å². The van der Waals surface area contributed by atoms with Gasteiger partial charge in [0.15, 0.2) is 0 Å². The largest absolute Gasteiger partial charge is 0.349 e.